The van der Waals surface area contributed by atoms with Crippen LogP contribution >= 0.6 is 11.6 Å². The van der Waals surface area contributed by atoms with E-state index in [4.69, 9.17) is 25.8 Å². The number of aryl methyl sites for hydroxylation is 4. The van der Waals surface area contributed by atoms with Crippen molar-refractivity contribution in [2.24, 2.45) is 0 Å². The summed E-state index contributed by atoms with van der Waals surface area (Å²) >= 11 is 6.52. The number of pyridine rings is 3. The number of halogens is 1. The summed E-state index contributed by atoms with van der Waals surface area (Å²) in [5.74, 6) is -0.111. The topological polar surface area (TPSA) is 105 Å². The number of hydrogen-bond acceptors (Lipinski definition) is 8. The number of fused-ring (bicyclic) bond motifs is 1. The minimum atomic E-state index is -0.443. The minimum Gasteiger partial charge on any atom is -0.424 e. The molecule has 0 spiro atoms. The van der Waals surface area contributed by atoms with Crippen molar-refractivity contribution in [1.82, 2.24) is 25.0 Å². The average molecular weight is 672 g/mol. The molecule has 0 unspecified atom stereocenters. The maximum absolute atomic E-state index is 11.8. The van der Waals surface area contributed by atoms with Crippen LogP contribution in [0.3, 0.4) is 0 Å². The molecule has 0 saturated carbocycles. The van der Waals surface area contributed by atoms with Crippen molar-refractivity contribution in [1.29, 1.82) is 0 Å². The number of unbranched alkanes of at least 4 members (excludes halogenated alkanes) is 2. The molecule has 0 aliphatic carbocycles. The quantitative estimate of drug-likeness (QED) is 0.0394. The summed E-state index contributed by atoms with van der Waals surface area (Å²) in [6, 6.07) is 13.8. The standard InChI is InChI=1S/C37H44ClN6O4/c1-29(45)48-37-33(25-34(38)32-15-7-17-40-36(32)37)35-28-44(42-41-35)20-3-5-22-47-24-10-14-31-12-8-19-43(27-31)18-2-4-21-46-23-9-13-30-11-6-16-39-26-30/h6-8,11-12,15-17,19,25-28H,2-5,9-10,13-14,18,20-24H2,1H3/q+1. The third kappa shape index (κ3) is 10.9. The van der Waals surface area contributed by atoms with Gasteiger partial charge in [0.25, 0.3) is 0 Å². The van der Waals surface area contributed by atoms with E-state index in [2.05, 4.69) is 55.4 Å². The van der Waals surface area contributed by atoms with Crippen molar-refractivity contribution >= 4 is 28.5 Å². The van der Waals surface area contributed by atoms with Crippen LogP contribution in [0.15, 0.2) is 79.6 Å². The van der Waals surface area contributed by atoms with Crippen molar-refractivity contribution in [2.45, 2.75) is 71.4 Å². The molecule has 0 fully saturated rings. The summed E-state index contributed by atoms with van der Waals surface area (Å²) in [6.45, 7) is 6.09. The number of carbonyl (C=O) groups excluding carboxylic acids is 1. The zero-order chi connectivity index (χ0) is 33.4. The van der Waals surface area contributed by atoms with Crippen LogP contribution in [0.2, 0.25) is 5.02 Å². The van der Waals surface area contributed by atoms with E-state index in [1.807, 2.05) is 24.5 Å². The lowest BCUT2D eigenvalue weighted by atomic mass is 10.1. The van der Waals surface area contributed by atoms with E-state index < -0.39 is 5.97 Å². The van der Waals surface area contributed by atoms with Gasteiger partial charge in [-0.15, -0.1) is 5.10 Å². The van der Waals surface area contributed by atoms with Gasteiger partial charge >= 0.3 is 5.97 Å². The van der Waals surface area contributed by atoms with Crippen molar-refractivity contribution in [3.05, 3.63) is 95.8 Å². The van der Waals surface area contributed by atoms with Crippen molar-refractivity contribution in [2.75, 3.05) is 26.4 Å². The van der Waals surface area contributed by atoms with Crippen LogP contribution in [0.4, 0.5) is 0 Å². The van der Waals surface area contributed by atoms with E-state index in [0.717, 1.165) is 77.7 Å². The molecule has 0 atom stereocenters. The van der Waals surface area contributed by atoms with E-state index in [9.17, 15) is 4.79 Å². The summed E-state index contributed by atoms with van der Waals surface area (Å²) in [7, 11) is 0. The molecule has 48 heavy (non-hydrogen) atoms. The zero-order valence-electron chi connectivity index (χ0n) is 27.6. The zero-order valence-corrected chi connectivity index (χ0v) is 28.4. The van der Waals surface area contributed by atoms with Crippen LogP contribution in [0.1, 0.15) is 56.6 Å². The van der Waals surface area contributed by atoms with Crippen LogP contribution in [0.25, 0.3) is 22.2 Å². The molecule has 0 bridgehead atoms. The Morgan fingerprint density at radius 2 is 1.65 bits per heavy atom. The summed E-state index contributed by atoms with van der Waals surface area (Å²) in [4.78, 5) is 20.4. The Labute approximate surface area is 287 Å². The van der Waals surface area contributed by atoms with Crippen LogP contribution in [0, 0.1) is 0 Å². The Morgan fingerprint density at radius 3 is 2.44 bits per heavy atom. The van der Waals surface area contributed by atoms with Crippen LogP contribution in [-0.2, 0) is 40.2 Å². The predicted octanol–water partition coefficient (Wildman–Crippen LogP) is 6.61. The van der Waals surface area contributed by atoms with Gasteiger partial charge < -0.3 is 14.2 Å². The third-order valence-corrected chi connectivity index (χ3v) is 8.20. The molecule has 252 valence electrons. The second-order valence-corrected chi connectivity index (χ2v) is 12.2. The normalized spacial score (nSPS) is 11.3. The van der Waals surface area contributed by atoms with Gasteiger partial charge in [-0.05, 0) is 80.8 Å². The Hall–Kier alpha value is -4.25. The second kappa shape index (κ2) is 18.9. The Balaban J connectivity index is 0.939. The lowest BCUT2D eigenvalue weighted by Crippen LogP contribution is -2.33. The van der Waals surface area contributed by atoms with Crippen molar-refractivity contribution < 1.29 is 23.6 Å². The number of nitrogens with zero attached hydrogens (tertiary/aromatic N) is 6. The molecular formula is C37H44ClN6O4+. The maximum atomic E-state index is 11.8. The number of aromatic nitrogens is 6. The molecule has 4 aromatic heterocycles. The number of esters is 1. The minimum absolute atomic E-state index is 0.332. The highest BCUT2D eigenvalue weighted by Gasteiger charge is 2.19. The van der Waals surface area contributed by atoms with E-state index in [1.165, 1.54) is 18.1 Å². The van der Waals surface area contributed by atoms with Crippen molar-refractivity contribution in [3.63, 3.8) is 0 Å². The first-order valence-corrected chi connectivity index (χ1v) is 17.1. The van der Waals surface area contributed by atoms with E-state index in [1.54, 1.807) is 29.2 Å². The Bertz CT molecular complexity index is 1730. The van der Waals surface area contributed by atoms with E-state index >= 15 is 0 Å². The number of hydrogen-bond donors (Lipinski definition) is 0. The highest BCUT2D eigenvalue weighted by atomic mass is 35.5. The molecule has 4 heterocycles. The number of benzene rings is 1. The van der Waals surface area contributed by atoms with Gasteiger partial charge in [-0.2, -0.15) is 0 Å². The molecule has 5 aromatic rings. The lowest BCUT2D eigenvalue weighted by Gasteiger charge is -2.11. The van der Waals surface area contributed by atoms with E-state index in [0.29, 0.717) is 46.1 Å². The highest BCUT2D eigenvalue weighted by Crippen LogP contribution is 2.39. The summed E-state index contributed by atoms with van der Waals surface area (Å²) in [6.07, 6.45) is 19.6. The maximum Gasteiger partial charge on any atom is 0.308 e. The number of carbonyl (C=O) groups is 1. The Kier molecular flexibility index (Phi) is 13.8. The third-order valence-electron chi connectivity index (χ3n) is 7.89. The molecular weight excluding hydrogens is 628 g/mol. The molecule has 0 N–H and O–H groups in total. The van der Waals surface area contributed by atoms with Gasteiger partial charge in [-0.1, -0.05) is 22.9 Å². The largest absolute Gasteiger partial charge is 0.424 e. The molecule has 0 radical (unpaired) electrons. The first-order valence-electron chi connectivity index (χ1n) is 16.8. The number of rotatable bonds is 20. The fourth-order valence-electron chi connectivity index (χ4n) is 5.49. The summed E-state index contributed by atoms with van der Waals surface area (Å²) in [5.41, 5.74) is 4.25. The fraction of sp³-hybridized carbons (Fsp3) is 0.405. The van der Waals surface area contributed by atoms with Gasteiger partial charge in [-0.25, -0.2) is 4.57 Å². The smallest absolute Gasteiger partial charge is 0.308 e. The van der Waals surface area contributed by atoms with Crippen LogP contribution in [0.5, 0.6) is 5.75 Å². The van der Waals surface area contributed by atoms with Gasteiger partial charge in [0.05, 0.1) is 16.8 Å². The average Bonchev–Trinajstić information content (AvgIpc) is 3.57. The van der Waals surface area contributed by atoms with Crippen LogP contribution in [-0.4, -0.2) is 57.4 Å². The van der Waals surface area contributed by atoms with Gasteiger partial charge in [0.2, 0.25) is 0 Å². The van der Waals surface area contributed by atoms with Gasteiger partial charge in [-0.3, -0.25) is 19.4 Å². The van der Waals surface area contributed by atoms with Crippen molar-refractivity contribution in [3.8, 4) is 17.0 Å². The van der Waals surface area contributed by atoms with Gasteiger partial charge in [0.1, 0.15) is 17.8 Å². The molecule has 0 saturated heterocycles. The molecule has 5 rings (SSSR count). The first kappa shape index (κ1) is 35.1. The molecule has 10 nitrogen and oxygen atoms in total. The fourth-order valence-corrected chi connectivity index (χ4v) is 5.75. The summed E-state index contributed by atoms with van der Waals surface area (Å²) in [5, 5.41) is 9.79. The first-order chi connectivity index (χ1) is 23.6. The molecule has 0 aliphatic rings. The monoisotopic (exact) mass is 671 g/mol. The van der Waals surface area contributed by atoms with E-state index in [-0.39, 0.29) is 0 Å². The molecule has 1 aromatic carbocycles. The van der Waals surface area contributed by atoms with Gasteiger partial charge in [0, 0.05) is 81.9 Å². The molecule has 0 aliphatic heterocycles. The number of ether oxygens (including phenoxy) is 3. The van der Waals surface area contributed by atoms with Gasteiger partial charge in [0.15, 0.2) is 18.1 Å². The van der Waals surface area contributed by atoms with Crippen LogP contribution < -0.4 is 9.30 Å². The Morgan fingerprint density at radius 1 is 0.896 bits per heavy atom. The predicted molar refractivity (Wildman–Crippen MR) is 185 cm³/mol. The summed E-state index contributed by atoms with van der Waals surface area (Å²) < 4.78 is 21.3. The second-order valence-electron chi connectivity index (χ2n) is 11.8. The molecule has 0 amide bonds. The molecule has 11 heteroatoms. The highest BCUT2D eigenvalue weighted by molar-refractivity contribution is 6.36. The lowest BCUT2D eigenvalue weighted by molar-refractivity contribution is -0.697. The SMILES string of the molecule is CC(=O)Oc1c(-c2cn(CCCCOCCCc3ccc[n+](CCCCOCCCc4cccnc4)c3)nn2)cc(Cl)c2cccnc12.